The van der Waals surface area contributed by atoms with Gasteiger partial charge in [-0.15, -0.1) is 0 Å². The summed E-state index contributed by atoms with van der Waals surface area (Å²) >= 11 is 0. The van der Waals surface area contributed by atoms with E-state index in [0.717, 1.165) is 17.7 Å². The lowest BCUT2D eigenvalue weighted by Gasteiger charge is -2.04. The number of hydrogen-bond acceptors (Lipinski definition) is 3. The van der Waals surface area contributed by atoms with Gasteiger partial charge in [-0.1, -0.05) is 42.2 Å². The van der Waals surface area contributed by atoms with Crippen LogP contribution < -0.4 is 5.32 Å². The predicted octanol–water partition coefficient (Wildman–Crippen LogP) is 3.20. The third kappa shape index (κ3) is 6.49. The van der Waals surface area contributed by atoms with Crippen molar-refractivity contribution in [1.82, 2.24) is 5.32 Å². The van der Waals surface area contributed by atoms with Crippen LogP contribution in [0.3, 0.4) is 0 Å². The van der Waals surface area contributed by atoms with Crippen LogP contribution in [0.2, 0.25) is 0 Å². The van der Waals surface area contributed by atoms with Gasteiger partial charge in [-0.2, -0.15) is 0 Å². The number of carbonyl (C=O) groups excluding carboxylic acids is 1. The zero-order valence-corrected chi connectivity index (χ0v) is 13.7. The smallest absolute Gasteiger partial charge is 0.408 e. The Morgan fingerprint density at radius 2 is 1.96 bits per heavy atom. The largest absolute Gasteiger partial charge is 0.478 e. The van der Waals surface area contributed by atoms with Crippen molar-refractivity contribution in [1.29, 1.82) is 0 Å². The number of carbonyl (C=O) groups is 2. The highest BCUT2D eigenvalue weighted by molar-refractivity contribution is 5.85. The van der Waals surface area contributed by atoms with Crippen LogP contribution >= 0.6 is 0 Å². The van der Waals surface area contributed by atoms with E-state index >= 15 is 0 Å². The Bertz CT molecular complexity index is 866. The average Bonchev–Trinajstić information content (AvgIpc) is 2.64. The number of rotatable bonds is 5. The van der Waals surface area contributed by atoms with Crippen LogP contribution in [-0.4, -0.2) is 23.7 Å². The van der Waals surface area contributed by atoms with Crippen molar-refractivity contribution in [2.24, 2.45) is 0 Å². The third-order valence-corrected chi connectivity index (χ3v) is 3.17. The maximum atomic E-state index is 13.6. The number of ether oxygens (including phenoxy) is 1. The van der Waals surface area contributed by atoms with Crippen molar-refractivity contribution < 1.29 is 23.8 Å². The summed E-state index contributed by atoms with van der Waals surface area (Å²) in [6, 6.07) is 13.4. The van der Waals surface area contributed by atoms with Gasteiger partial charge in [0.1, 0.15) is 12.4 Å². The molecule has 26 heavy (non-hydrogen) atoms. The molecule has 2 aromatic carbocycles. The second kappa shape index (κ2) is 9.64. The molecule has 0 atom stereocenters. The van der Waals surface area contributed by atoms with Crippen molar-refractivity contribution in [2.75, 3.05) is 6.54 Å². The van der Waals surface area contributed by atoms with Crippen molar-refractivity contribution in [3.8, 4) is 11.8 Å². The summed E-state index contributed by atoms with van der Waals surface area (Å²) in [6.07, 6.45) is 1.41. The minimum Gasteiger partial charge on any atom is -0.478 e. The van der Waals surface area contributed by atoms with Crippen LogP contribution in [0.4, 0.5) is 9.18 Å². The first-order valence-electron chi connectivity index (χ1n) is 7.68. The Hall–Kier alpha value is -3.59. The Labute approximate surface area is 150 Å². The van der Waals surface area contributed by atoms with Crippen molar-refractivity contribution in [2.45, 2.75) is 6.61 Å². The van der Waals surface area contributed by atoms with Gasteiger partial charge in [0, 0.05) is 17.2 Å². The molecule has 0 spiro atoms. The fraction of sp³-hybridized carbons (Fsp3) is 0.100. The highest BCUT2D eigenvalue weighted by atomic mass is 19.1. The maximum absolute atomic E-state index is 13.6. The molecule has 1 amide bonds. The number of nitrogens with one attached hydrogen (secondary N) is 1. The van der Waals surface area contributed by atoms with E-state index in [0.29, 0.717) is 5.56 Å². The van der Waals surface area contributed by atoms with E-state index in [1.807, 2.05) is 30.3 Å². The lowest BCUT2D eigenvalue weighted by Crippen LogP contribution is -2.24. The van der Waals surface area contributed by atoms with E-state index < -0.39 is 17.9 Å². The summed E-state index contributed by atoms with van der Waals surface area (Å²) in [5, 5.41) is 11.1. The highest BCUT2D eigenvalue weighted by Gasteiger charge is 2.01. The van der Waals surface area contributed by atoms with E-state index in [-0.39, 0.29) is 18.7 Å². The third-order valence-electron chi connectivity index (χ3n) is 3.17. The van der Waals surface area contributed by atoms with E-state index in [1.54, 1.807) is 0 Å². The first-order chi connectivity index (χ1) is 12.5. The lowest BCUT2D eigenvalue weighted by molar-refractivity contribution is -0.131. The summed E-state index contributed by atoms with van der Waals surface area (Å²) < 4.78 is 18.6. The molecule has 5 nitrogen and oxygen atoms in total. The fourth-order valence-corrected chi connectivity index (χ4v) is 1.95. The van der Waals surface area contributed by atoms with Crippen LogP contribution in [0.25, 0.3) is 6.08 Å². The van der Waals surface area contributed by atoms with Gasteiger partial charge in [-0.3, -0.25) is 0 Å². The Morgan fingerprint density at radius 1 is 1.19 bits per heavy atom. The second-order valence-electron chi connectivity index (χ2n) is 5.12. The number of benzene rings is 2. The van der Waals surface area contributed by atoms with Crippen LogP contribution in [0.1, 0.15) is 16.7 Å². The molecule has 0 aliphatic rings. The Morgan fingerprint density at radius 3 is 2.69 bits per heavy atom. The van der Waals surface area contributed by atoms with Crippen molar-refractivity contribution >= 4 is 18.1 Å². The number of carboxylic acid groups (broad SMARTS) is 1. The van der Waals surface area contributed by atoms with Gasteiger partial charge < -0.3 is 15.2 Å². The summed E-state index contributed by atoms with van der Waals surface area (Å²) in [5.74, 6) is 3.77. The topological polar surface area (TPSA) is 75.6 Å². The SMILES string of the molecule is O=C(O)/C=C/c1cc(C#CCNC(=O)OCc2ccccc2)ccc1F. The molecule has 0 saturated heterocycles. The molecule has 0 unspecified atom stereocenters. The number of carboxylic acids is 1. The van der Waals surface area contributed by atoms with E-state index in [1.165, 1.54) is 18.2 Å². The minimum absolute atomic E-state index is 0.0608. The highest BCUT2D eigenvalue weighted by Crippen LogP contribution is 2.11. The summed E-state index contributed by atoms with van der Waals surface area (Å²) in [4.78, 5) is 22.1. The minimum atomic E-state index is -1.17. The number of hydrogen-bond donors (Lipinski definition) is 2. The van der Waals surface area contributed by atoms with Gasteiger partial charge in [0.15, 0.2) is 0 Å². The molecule has 132 valence electrons. The normalized spacial score (nSPS) is 10.0. The second-order valence-corrected chi connectivity index (χ2v) is 5.12. The van der Waals surface area contributed by atoms with Gasteiger partial charge in [0.2, 0.25) is 0 Å². The first-order valence-corrected chi connectivity index (χ1v) is 7.68. The van der Waals surface area contributed by atoms with Gasteiger partial charge in [-0.25, -0.2) is 14.0 Å². The first kappa shape index (κ1) is 18.7. The van der Waals surface area contributed by atoms with Crippen LogP contribution in [0.5, 0.6) is 0 Å². The molecule has 0 aliphatic carbocycles. The molecule has 0 aromatic heterocycles. The number of alkyl carbamates (subject to hydrolysis) is 1. The van der Waals surface area contributed by atoms with Crippen molar-refractivity contribution in [3.05, 3.63) is 77.1 Å². The average molecular weight is 353 g/mol. The zero-order valence-electron chi connectivity index (χ0n) is 13.7. The van der Waals surface area contributed by atoms with E-state index in [2.05, 4.69) is 17.2 Å². The molecule has 2 aromatic rings. The quantitative estimate of drug-likeness (QED) is 0.639. The van der Waals surface area contributed by atoms with Gasteiger partial charge in [0.25, 0.3) is 0 Å². The van der Waals surface area contributed by atoms with Crippen LogP contribution in [0, 0.1) is 17.7 Å². The summed E-state index contributed by atoms with van der Waals surface area (Å²) in [5.41, 5.74) is 1.49. The standard InChI is InChI=1S/C20H16FNO4/c21-18-10-8-15(13-17(18)9-11-19(23)24)7-4-12-22-20(25)26-14-16-5-2-1-3-6-16/h1-3,5-6,8-11,13H,12,14H2,(H,22,25)(H,23,24)/b11-9+. The number of amides is 1. The molecule has 0 aliphatic heterocycles. The van der Waals surface area contributed by atoms with Crippen LogP contribution in [-0.2, 0) is 16.1 Å². The predicted molar refractivity (Wildman–Crippen MR) is 94.6 cm³/mol. The monoisotopic (exact) mass is 353 g/mol. The van der Waals surface area contributed by atoms with Crippen LogP contribution in [0.15, 0.2) is 54.6 Å². The maximum Gasteiger partial charge on any atom is 0.408 e. The molecule has 0 bridgehead atoms. The molecule has 0 heterocycles. The van der Waals surface area contributed by atoms with Gasteiger partial charge in [0.05, 0.1) is 6.54 Å². The molecule has 0 radical (unpaired) electrons. The summed E-state index contributed by atoms with van der Waals surface area (Å²) in [6.45, 7) is 0.225. The van der Waals surface area contributed by atoms with Gasteiger partial charge >= 0.3 is 12.1 Å². The lowest BCUT2D eigenvalue weighted by atomic mass is 10.1. The molecule has 0 saturated carbocycles. The molecular weight excluding hydrogens is 337 g/mol. The molecule has 2 N–H and O–H groups in total. The molecule has 2 rings (SSSR count). The number of aliphatic carboxylic acids is 1. The molecule has 0 fully saturated rings. The number of halogens is 1. The fourth-order valence-electron chi connectivity index (χ4n) is 1.95. The van der Waals surface area contributed by atoms with Crippen molar-refractivity contribution in [3.63, 3.8) is 0 Å². The zero-order chi connectivity index (χ0) is 18.8. The van der Waals surface area contributed by atoms with E-state index in [9.17, 15) is 14.0 Å². The van der Waals surface area contributed by atoms with E-state index in [4.69, 9.17) is 9.84 Å². The molecular formula is C20H16FNO4. The Balaban J connectivity index is 1.84. The Kier molecular flexibility index (Phi) is 6.95. The van der Waals surface area contributed by atoms with Gasteiger partial charge in [-0.05, 0) is 29.8 Å². The molecule has 6 heteroatoms. The summed E-state index contributed by atoms with van der Waals surface area (Å²) in [7, 11) is 0.